The van der Waals surface area contributed by atoms with Crippen LogP contribution in [0.15, 0.2) is 59.5 Å². The molecular formula is C12H10KO3PS. The molecule has 0 aliphatic heterocycles. The molecule has 0 amide bonds. The topological polar surface area (TPSA) is 57.2 Å². The second-order valence-electron chi connectivity index (χ2n) is 3.44. The van der Waals surface area contributed by atoms with Gasteiger partial charge in [-0.3, -0.25) is 0 Å². The Bertz CT molecular complexity index is 614. The smallest absolute Gasteiger partial charge is 0.744 e. The fourth-order valence-corrected chi connectivity index (χ4v) is 3.63. The van der Waals surface area contributed by atoms with E-state index < -0.39 is 10.1 Å². The molecule has 0 heterocycles. The Morgan fingerprint density at radius 3 is 2.06 bits per heavy atom. The van der Waals surface area contributed by atoms with Gasteiger partial charge in [-0.05, 0) is 16.7 Å². The van der Waals surface area contributed by atoms with E-state index in [1.807, 2.05) is 30.3 Å². The number of benzene rings is 2. The van der Waals surface area contributed by atoms with Gasteiger partial charge in [-0.2, -0.15) is 0 Å². The van der Waals surface area contributed by atoms with E-state index >= 15 is 0 Å². The van der Waals surface area contributed by atoms with Gasteiger partial charge in [0.25, 0.3) is 0 Å². The predicted molar refractivity (Wildman–Crippen MR) is 68.4 cm³/mol. The van der Waals surface area contributed by atoms with Gasteiger partial charge < -0.3 is 4.55 Å². The normalized spacial score (nSPS) is 11.4. The molecule has 2 aromatic carbocycles. The Hall–Kier alpha value is 0.416. The van der Waals surface area contributed by atoms with Gasteiger partial charge in [-0.25, -0.2) is 8.42 Å². The maximum absolute atomic E-state index is 11.1. The Morgan fingerprint density at radius 1 is 0.889 bits per heavy atom. The molecule has 3 nitrogen and oxygen atoms in total. The zero-order chi connectivity index (χ0) is 12.3. The van der Waals surface area contributed by atoms with Crippen molar-refractivity contribution in [1.29, 1.82) is 0 Å². The van der Waals surface area contributed by atoms with Crippen molar-refractivity contribution in [2.24, 2.45) is 0 Å². The molecule has 0 N–H and O–H groups in total. The van der Waals surface area contributed by atoms with Crippen LogP contribution in [0, 0.1) is 0 Å². The van der Waals surface area contributed by atoms with E-state index in [0.717, 1.165) is 5.30 Å². The largest absolute Gasteiger partial charge is 1.00 e. The van der Waals surface area contributed by atoms with Crippen LogP contribution in [0.1, 0.15) is 0 Å². The number of hydrogen-bond acceptors (Lipinski definition) is 3. The van der Waals surface area contributed by atoms with Crippen molar-refractivity contribution in [1.82, 2.24) is 0 Å². The minimum absolute atomic E-state index is 0. The molecule has 18 heavy (non-hydrogen) atoms. The van der Waals surface area contributed by atoms with Crippen molar-refractivity contribution >= 4 is 29.3 Å². The van der Waals surface area contributed by atoms with E-state index in [4.69, 9.17) is 0 Å². The Balaban J connectivity index is 0.00000162. The van der Waals surface area contributed by atoms with Crippen LogP contribution in [0.5, 0.6) is 0 Å². The second-order valence-corrected chi connectivity index (χ2v) is 6.16. The Morgan fingerprint density at radius 2 is 1.44 bits per heavy atom. The van der Waals surface area contributed by atoms with Crippen LogP contribution < -0.4 is 62.0 Å². The maximum Gasteiger partial charge on any atom is 1.00 e. The summed E-state index contributed by atoms with van der Waals surface area (Å²) in [6.07, 6.45) is 0. The van der Waals surface area contributed by atoms with Crippen molar-refractivity contribution in [3.8, 4) is 0 Å². The number of rotatable bonds is 3. The first kappa shape index (κ1) is 16.5. The molecule has 6 heteroatoms. The quantitative estimate of drug-likeness (QED) is 0.383. The van der Waals surface area contributed by atoms with Crippen molar-refractivity contribution in [3.63, 3.8) is 0 Å². The predicted octanol–water partition coefficient (Wildman–Crippen LogP) is -1.78. The van der Waals surface area contributed by atoms with Gasteiger partial charge in [0.15, 0.2) is 0 Å². The van der Waals surface area contributed by atoms with Gasteiger partial charge in [0.1, 0.15) is 10.1 Å². The summed E-state index contributed by atoms with van der Waals surface area (Å²) in [6.45, 7) is 0. The molecule has 0 spiro atoms. The molecule has 2 rings (SSSR count). The minimum Gasteiger partial charge on any atom is -0.744 e. The van der Waals surface area contributed by atoms with Crippen LogP contribution in [-0.4, -0.2) is 13.0 Å². The molecule has 0 saturated heterocycles. The molecule has 1 atom stereocenters. The summed E-state index contributed by atoms with van der Waals surface area (Å²) in [4.78, 5) is -0.123. The van der Waals surface area contributed by atoms with E-state index in [2.05, 4.69) is 0 Å². The minimum atomic E-state index is -4.40. The molecule has 0 saturated carbocycles. The fraction of sp³-hybridized carbons (Fsp3) is 0. The summed E-state index contributed by atoms with van der Waals surface area (Å²) in [5.74, 6) is 0. The van der Waals surface area contributed by atoms with E-state index in [9.17, 15) is 13.0 Å². The van der Waals surface area contributed by atoms with Crippen LogP contribution in [-0.2, 0) is 10.1 Å². The van der Waals surface area contributed by atoms with E-state index in [-0.39, 0.29) is 64.9 Å². The summed E-state index contributed by atoms with van der Waals surface area (Å²) >= 11 is 0. The van der Waals surface area contributed by atoms with Crippen molar-refractivity contribution in [2.45, 2.75) is 4.90 Å². The summed E-state index contributed by atoms with van der Waals surface area (Å²) in [5, 5.41) is 1.57. The van der Waals surface area contributed by atoms with Gasteiger partial charge in [0, 0.05) is 0 Å². The van der Waals surface area contributed by atoms with Crippen LogP contribution in [0.2, 0.25) is 0 Å². The maximum atomic E-state index is 11.1. The molecule has 0 fully saturated rings. The summed E-state index contributed by atoms with van der Waals surface area (Å²) in [5.41, 5.74) is 0. The van der Waals surface area contributed by atoms with Crippen LogP contribution in [0.3, 0.4) is 0 Å². The Labute approximate surface area is 151 Å². The molecular weight excluding hydrogens is 294 g/mol. The van der Waals surface area contributed by atoms with E-state index in [1.54, 1.807) is 18.2 Å². The Kier molecular flexibility index (Phi) is 6.65. The molecule has 0 bridgehead atoms. The zero-order valence-corrected chi connectivity index (χ0v) is 14.8. The van der Waals surface area contributed by atoms with E-state index in [0.29, 0.717) is 5.30 Å². The molecule has 0 aromatic heterocycles. The standard InChI is InChI=1S/C12H11O3PS.K/c13-17(14,15)12-9-5-4-8-11(12)16-10-6-2-1-3-7-10;/h1-9,16H,(H,13,14,15);/q;+1/p-1. The molecule has 0 radical (unpaired) electrons. The summed E-state index contributed by atoms with van der Waals surface area (Å²) in [6, 6.07) is 15.8. The number of hydrogen-bond donors (Lipinski definition) is 0. The third-order valence-corrected chi connectivity index (χ3v) is 4.61. The van der Waals surface area contributed by atoms with Crippen LogP contribution in [0.4, 0.5) is 0 Å². The fourth-order valence-electron chi connectivity index (χ4n) is 1.46. The molecule has 88 valence electrons. The summed E-state index contributed by atoms with van der Waals surface area (Å²) < 4.78 is 33.3. The first-order valence-electron chi connectivity index (χ1n) is 4.94. The van der Waals surface area contributed by atoms with Crippen molar-refractivity contribution in [3.05, 3.63) is 54.6 Å². The van der Waals surface area contributed by atoms with Gasteiger partial charge >= 0.3 is 51.4 Å². The van der Waals surface area contributed by atoms with Crippen molar-refractivity contribution in [2.75, 3.05) is 0 Å². The first-order valence-corrected chi connectivity index (χ1v) is 7.35. The first-order chi connectivity index (χ1) is 8.07. The van der Waals surface area contributed by atoms with Gasteiger partial charge in [-0.1, -0.05) is 57.1 Å². The third kappa shape index (κ3) is 4.51. The van der Waals surface area contributed by atoms with Gasteiger partial charge in [0.05, 0.1) is 4.90 Å². The zero-order valence-electron chi connectivity index (χ0n) is 9.83. The van der Waals surface area contributed by atoms with Crippen LogP contribution in [0.25, 0.3) is 0 Å². The molecule has 0 aliphatic carbocycles. The molecule has 1 unspecified atom stereocenters. The molecule has 2 aromatic rings. The van der Waals surface area contributed by atoms with Crippen LogP contribution >= 0.6 is 8.58 Å². The van der Waals surface area contributed by atoms with Crippen molar-refractivity contribution < 1.29 is 64.4 Å². The summed E-state index contributed by atoms with van der Waals surface area (Å²) in [7, 11) is -4.23. The average molecular weight is 304 g/mol. The second kappa shape index (κ2) is 7.27. The van der Waals surface area contributed by atoms with E-state index in [1.165, 1.54) is 6.07 Å². The van der Waals surface area contributed by atoms with Gasteiger partial charge in [0.2, 0.25) is 0 Å². The monoisotopic (exact) mass is 304 g/mol. The average Bonchev–Trinajstić information content (AvgIpc) is 2.30. The van der Waals surface area contributed by atoms with Gasteiger partial charge in [-0.15, -0.1) is 0 Å². The SMILES string of the molecule is O=S(=O)([O-])c1ccccc1Pc1ccccc1.[K+]. The molecule has 0 aliphatic rings. The third-order valence-electron chi connectivity index (χ3n) is 2.21.